The minimum atomic E-state index is -0.604. The first-order chi connectivity index (χ1) is 16.4. The van der Waals surface area contributed by atoms with Gasteiger partial charge in [-0.1, -0.05) is 36.4 Å². The molecule has 4 rings (SSSR count). The highest BCUT2D eigenvalue weighted by Crippen LogP contribution is 2.43. The minimum Gasteiger partial charge on any atom is -0.482 e. The van der Waals surface area contributed by atoms with Crippen molar-refractivity contribution >= 4 is 11.7 Å². The molecule has 1 aliphatic rings. The summed E-state index contributed by atoms with van der Waals surface area (Å²) in [6.45, 7) is 1.59. The summed E-state index contributed by atoms with van der Waals surface area (Å²) in [5.41, 5.74) is 8.23. The second kappa shape index (κ2) is 9.34. The molecule has 1 heterocycles. The molecule has 1 aliphatic heterocycles. The molecule has 0 amide bonds. The van der Waals surface area contributed by atoms with Gasteiger partial charge in [-0.25, -0.2) is 4.79 Å². The predicted molar refractivity (Wildman–Crippen MR) is 121 cm³/mol. The number of nitrogens with two attached hydrogens (primary N) is 1. The first-order valence-electron chi connectivity index (χ1n) is 10.2. The first-order valence-corrected chi connectivity index (χ1v) is 10.2. The molecule has 0 bridgehead atoms. The van der Waals surface area contributed by atoms with Gasteiger partial charge >= 0.3 is 5.97 Å². The van der Waals surface area contributed by atoms with Crippen LogP contribution in [0.3, 0.4) is 0 Å². The van der Waals surface area contributed by atoms with E-state index in [1.165, 1.54) is 18.2 Å². The minimum absolute atomic E-state index is 0.0679. The number of hydrogen-bond donors (Lipinski definition) is 1. The average Bonchev–Trinajstić information content (AvgIpc) is 2.82. The lowest BCUT2D eigenvalue weighted by Gasteiger charge is -2.26. The highest BCUT2D eigenvalue weighted by molar-refractivity contribution is 5.74. The maximum Gasteiger partial charge on any atom is 0.349 e. The number of hydrogen-bond acceptors (Lipinski definition) is 8. The molecule has 0 saturated heterocycles. The van der Waals surface area contributed by atoms with Gasteiger partial charge in [-0.15, -0.1) is 0 Å². The Kier molecular flexibility index (Phi) is 6.14. The van der Waals surface area contributed by atoms with Crippen molar-refractivity contribution in [2.24, 2.45) is 5.73 Å². The molecule has 0 aromatic heterocycles. The van der Waals surface area contributed by atoms with Crippen LogP contribution in [0.25, 0.3) is 0 Å². The zero-order valence-corrected chi connectivity index (χ0v) is 18.1. The number of benzene rings is 3. The van der Waals surface area contributed by atoms with Gasteiger partial charge in [-0.05, 0) is 30.2 Å². The maximum atomic E-state index is 12.3. The molecule has 3 aromatic rings. The first kappa shape index (κ1) is 22.4. The molecule has 1 atom stereocenters. The Hall–Kier alpha value is -4.84. The fourth-order valence-corrected chi connectivity index (χ4v) is 3.65. The number of nitro benzene ring substituents is 1. The number of nitriles is 1. The predicted octanol–water partition coefficient (Wildman–Crippen LogP) is 4.11. The molecule has 0 fully saturated rings. The number of carbonyl (C=O) groups excluding carboxylic acids is 1. The van der Waals surface area contributed by atoms with Crippen molar-refractivity contribution in [1.29, 1.82) is 5.26 Å². The van der Waals surface area contributed by atoms with Crippen LogP contribution in [-0.2, 0) is 4.79 Å². The molecule has 0 radical (unpaired) electrons. The van der Waals surface area contributed by atoms with E-state index in [9.17, 15) is 20.2 Å². The van der Waals surface area contributed by atoms with E-state index in [-0.39, 0.29) is 29.5 Å². The Bertz CT molecular complexity index is 1340. The topological polar surface area (TPSA) is 138 Å². The summed E-state index contributed by atoms with van der Waals surface area (Å²) in [6, 6.07) is 20.0. The Morgan fingerprint density at radius 2 is 1.91 bits per heavy atom. The Labute approximate surface area is 194 Å². The van der Waals surface area contributed by atoms with E-state index in [4.69, 9.17) is 19.9 Å². The van der Waals surface area contributed by atoms with Crippen molar-refractivity contribution in [1.82, 2.24) is 0 Å². The van der Waals surface area contributed by atoms with Gasteiger partial charge in [0.15, 0.2) is 6.61 Å². The zero-order chi connectivity index (χ0) is 24.2. The van der Waals surface area contributed by atoms with Gasteiger partial charge in [0, 0.05) is 23.8 Å². The summed E-state index contributed by atoms with van der Waals surface area (Å²) in [7, 11) is 0. The van der Waals surface area contributed by atoms with Gasteiger partial charge < -0.3 is 19.9 Å². The van der Waals surface area contributed by atoms with Crippen LogP contribution in [0.2, 0.25) is 0 Å². The number of fused-ring (bicyclic) bond motifs is 1. The second-order valence-corrected chi connectivity index (χ2v) is 7.50. The summed E-state index contributed by atoms with van der Waals surface area (Å²) in [5, 5.41) is 20.6. The van der Waals surface area contributed by atoms with E-state index in [1.807, 2.05) is 25.1 Å². The van der Waals surface area contributed by atoms with Crippen LogP contribution < -0.4 is 19.9 Å². The van der Waals surface area contributed by atoms with E-state index < -0.39 is 16.8 Å². The number of allylic oxidation sites excluding steroid dienone is 1. The fraction of sp³-hybridized carbons (Fsp3) is 0.120. The van der Waals surface area contributed by atoms with E-state index in [0.717, 1.165) is 5.56 Å². The van der Waals surface area contributed by atoms with Gasteiger partial charge in [0.25, 0.3) is 5.69 Å². The number of rotatable bonds is 6. The molecule has 2 N–H and O–H groups in total. The smallest absolute Gasteiger partial charge is 0.349 e. The molecule has 1 unspecified atom stereocenters. The average molecular weight is 457 g/mol. The van der Waals surface area contributed by atoms with Crippen LogP contribution in [0.15, 0.2) is 78.2 Å². The van der Waals surface area contributed by atoms with E-state index >= 15 is 0 Å². The van der Waals surface area contributed by atoms with Crippen LogP contribution in [0.5, 0.6) is 17.2 Å². The second-order valence-electron chi connectivity index (χ2n) is 7.50. The molecule has 9 nitrogen and oxygen atoms in total. The Morgan fingerprint density at radius 3 is 2.59 bits per heavy atom. The number of nitro groups is 1. The number of ether oxygens (including phenoxy) is 3. The molecule has 0 aliphatic carbocycles. The van der Waals surface area contributed by atoms with Crippen molar-refractivity contribution < 1.29 is 23.9 Å². The van der Waals surface area contributed by atoms with E-state index in [1.54, 1.807) is 30.3 Å². The number of aryl methyl sites for hydroxylation is 1. The summed E-state index contributed by atoms with van der Waals surface area (Å²) in [6.07, 6.45) is 0. The van der Waals surface area contributed by atoms with Crippen LogP contribution in [0, 0.1) is 28.4 Å². The van der Waals surface area contributed by atoms with Gasteiger partial charge in [-0.3, -0.25) is 10.1 Å². The van der Waals surface area contributed by atoms with Crippen molar-refractivity contribution in [3.8, 4) is 23.3 Å². The number of para-hydroxylation sites is 1. The summed E-state index contributed by atoms with van der Waals surface area (Å²) in [4.78, 5) is 22.8. The summed E-state index contributed by atoms with van der Waals surface area (Å²) >= 11 is 0. The van der Waals surface area contributed by atoms with Crippen LogP contribution >= 0.6 is 0 Å². The van der Waals surface area contributed by atoms with Crippen molar-refractivity contribution in [3.63, 3.8) is 0 Å². The molecule has 34 heavy (non-hydrogen) atoms. The zero-order valence-electron chi connectivity index (χ0n) is 18.1. The van der Waals surface area contributed by atoms with Gasteiger partial charge in [0.05, 0.1) is 10.8 Å². The van der Waals surface area contributed by atoms with Gasteiger partial charge in [0.1, 0.15) is 28.9 Å². The highest BCUT2D eigenvalue weighted by atomic mass is 16.6. The fourth-order valence-electron chi connectivity index (χ4n) is 3.65. The third-order valence-electron chi connectivity index (χ3n) is 5.30. The lowest BCUT2D eigenvalue weighted by Crippen LogP contribution is -2.21. The largest absolute Gasteiger partial charge is 0.482 e. The van der Waals surface area contributed by atoms with Gasteiger partial charge in [0.2, 0.25) is 5.88 Å². The summed E-state index contributed by atoms with van der Waals surface area (Å²) < 4.78 is 16.5. The molecule has 170 valence electrons. The van der Waals surface area contributed by atoms with Crippen molar-refractivity contribution in [3.05, 3.63) is 105 Å². The van der Waals surface area contributed by atoms with E-state index in [2.05, 4.69) is 6.07 Å². The van der Waals surface area contributed by atoms with E-state index in [0.29, 0.717) is 22.6 Å². The lowest BCUT2D eigenvalue weighted by molar-refractivity contribution is -0.384. The number of non-ortho nitro benzene ring substituents is 1. The summed E-state index contributed by atoms with van der Waals surface area (Å²) in [5.74, 6) is -0.181. The van der Waals surface area contributed by atoms with Crippen LogP contribution in [0.1, 0.15) is 22.6 Å². The van der Waals surface area contributed by atoms with Crippen molar-refractivity contribution in [2.75, 3.05) is 6.61 Å². The van der Waals surface area contributed by atoms with Gasteiger partial charge in [-0.2, -0.15) is 5.26 Å². The molecule has 9 heteroatoms. The molecule has 0 saturated carbocycles. The normalized spacial score (nSPS) is 14.4. The molecule has 3 aromatic carbocycles. The third-order valence-corrected chi connectivity index (χ3v) is 5.30. The third kappa shape index (κ3) is 4.52. The lowest BCUT2D eigenvalue weighted by atomic mass is 9.83. The highest BCUT2D eigenvalue weighted by Gasteiger charge is 2.31. The van der Waals surface area contributed by atoms with Crippen LogP contribution in [0.4, 0.5) is 5.69 Å². The maximum absolute atomic E-state index is 12.3. The molecule has 0 spiro atoms. The SMILES string of the molecule is Cc1ccccc1OCC(=O)Oc1ccc2c(c1)OC(N)=C(C#N)C2c1ccc([N+](=O)[O-])cc1. The number of nitrogens with zero attached hydrogens (tertiary/aromatic N) is 2. The molecular weight excluding hydrogens is 438 g/mol. The quantitative estimate of drug-likeness (QED) is 0.253. The number of carbonyl (C=O) groups is 1. The molecular formula is C25H19N3O6. The standard InChI is InChI=1S/C25H19N3O6/c1-15-4-2-3-5-21(15)32-14-23(29)33-18-10-11-19-22(12-18)34-25(27)20(13-26)24(19)16-6-8-17(9-7-16)28(30)31/h2-12,24H,14,27H2,1H3. The van der Waals surface area contributed by atoms with Crippen molar-refractivity contribution in [2.45, 2.75) is 12.8 Å². The Balaban J connectivity index is 1.56. The Morgan fingerprint density at radius 1 is 1.18 bits per heavy atom. The van der Waals surface area contributed by atoms with Crippen LogP contribution in [-0.4, -0.2) is 17.5 Å². The monoisotopic (exact) mass is 457 g/mol. The number of esters is 1.